The zero-order valence-corrected chi connectivity index (χ0v) is 8.53. The Kier molecular flexibility index (Phi) is 2.37. The van der Waals surface area contributed by atoms with E-state index in [0.29, 0.717) is 0 Å². The van der Waals surface area contributed by atoms with Crippen LogP contribution in [0.1, 0.15) is 11.3 Å². The Morgan fingerprint density at radius 2 is 2.13 bits per heavy atom. The van der Waals surface area contributed by atoms with Crippen molar-refractivity contribution in [1.82, 2.24) is 4.98 Å². The number of nitrogens with zero attached hydrogens (tertiary/aromatic N) is 1. The summed E-state index contributed by atoms with van der Waals surface area (Å²) in [5.74, 6) is -0.350. The number of rotatable bonds is 2. The summed E-state index contributed by atoms with van der Waals surface area (Å²) in [5.41, 5.74) is 7.91. The lowest BCUT2D eigenvalue weighted by atomic mass is 10.1. The van der Waals surface area contributed by atoms with Crippen LogP contribution in [0.3, 0.4) is 0 Å². The van der Waals surface area contributed by atoms with E-state index in [1.807, 2.05) is 37.3 Å². The molecule has 0 fully saturated rings. The zero-order valence-electron chi connectivity index (χ0n) is 8.53. The molecule has 15 heavy (non-hydrogen) atoms. The molecule has 0 unspecified atom stereocenters. The lowest BCUT2D eigenvalue weighted by molar-refractivity contribution is -0.117. The quantitative estimate of drug-likeness (QED) is 0.800. The predicted octanol–water partition coefficient (Wildman–Crippen LogP) is 1.57. The van der Waals surface area contributed by atoms with Crippen LogP contribution in [0.4, 0.5) is 0 Å². The van der Waals surface area contributed by atoms with Gasteiger partial charge in [0.25, 0.3) is 0 Å². The SMILES string of the molecule is Cc1cc(CC(N)=O)nc2ccccc12. The minimum absolute atomic E-state index is 0.200. The van der Waals surface area contributed by atoms with Gasteiger partial charge in [0.1, 0.15) is 0 Å². The van der Waals surface area contributed by atoms with Crippen LogP contribution in [0.25, 0.3) is 10.9 Å². The summed E-state index contributed by atoms with van der Waals surface area (Å²) in [6.45, 7) is 2.01. The van der Waals surface area contributed by atoms with Gasteiger partial charge in [-0.25, -0.2) is 0 Å². The molecule has 0 aliphatic rings. The van der Waals surface area contributed by atoms with Crippen LogP contribution < -0.4 is 5.73 Å². The second-order valence-corrected chi connectivity index (χ2v) is 3.59. The van der Waals surface area contributed by atoms with Crippen LogP contribution in [-0.4, -0.2) is 10.9 Å². The number of pyridine rings is 1. The highest BCUT2D eigenvalue weighted by Gasteiger charge is 2.04. The molecule has 1 aromatic heterocycles. The monoisotopic (exact) mass is 200 g/mol. The lowest BCUT2D eigenvalue weighted by Gasteiger charge is -2.04. The first-order valence-corrected chi connectivity index (χ1v) is 4.80. The first-order valence-electron chi connectivity index (χ1n) is 4.80. The van der Waals surface area contributed by atoms with Gasteiger partial charge in [0, 0.05) is 5.39 Å². The van der Waals surface area contributed by atoms with Crippen molar-refractivity contribution < 1.29 is 4.79 Å². The molecule has 1 heterocycles. The number of para-hydroxylation sites is 1. The lowest BCUT2D eigenvalue weighted by Crippen LogP contribution is -2.14. The molecule has 2 N–H and O–H groups in total. The third-order valence-electron chi connectivity index (χ3n) is 2.33. The van der Waals surface area contributed by atoms with Crippen molar-refractivity contribution >= 4 is 16.8 Å². The van der Waals surface area contributed by atoms with E-state index in [0.717, 1.165) is 22.2 Å². The summed E-state index contributed by atoms with van der Waals surface area (Å²) in [7, 11) is 0. The summed E-state index contributed by atoms with van der Waals surface area (Å²) >= 11 is 0. The zero-order chi connectivity index (χ0) is 10.8. The van der Waals surface area contributed by atoms with Gasteiger partial charge in [0.05, 0.1) is 17.6 Å². The summed E-state index contributed by atoms with van der Waals surface area (Å²) in [6, 6.07) is 9.78. The van der Waals surface area contributed by atoms with E-state index in [1.165, 1.54) is 0 Å². The van der Waals surface area contributed by atoms with E-state index in [-0.39, 0.29) is 12.3 Å². The molecule has 2 rings (SSSR count). The van der Waals surface area contributed by atoms with Gasteiger partial charge in [-0.15, -0.1) is 0 Å². The number of hydrogen-bond donors (Lipinski definition) is 1. The summed E-state index contributed by atoms with van der Waals surface area (Å²) in [5, 5.41) is 1.12. The van der Waals surface area contributed by atoms with Gasteiger partial charge in [-0.3, -0.25) is 9.78 Å². The maximum absolute atomic E-state index is 10.8. The first kappa shape index (κ1) is 9.65. The molecule has 0 spiro atoms. The maximum atomic E-state index is 10.8. The van der Waals surface area contributed by atoms with E-state index < -0.39 is 0 Å². The standard InChI is InChI=1S/C12H12N2O/c1-8-6-9(7-12(13)15)14-11-5-3-2-4-10(8)11/h2-6H,7H2,1H3,(H2,13,15). The molecule has 1 aromatic carbocycles. The largest absolute Gasteiger partial charge is 0.369 e. The number of primary amides is 1. The second-order valence-electron chi connectivity index (χ2n) is 3.59. The smallest absolute Gasteiger partial charge is 0.223 e. The number of amides is 1. The van der Waals surface area contributed by atoms with Crippen LogP contribution >= 0.6 is 0 Å². The van der Waals surface area contributed by atoms with Gasteiger partial charge in [-0.2, -0.15) is 0 Å². The van der Waals surface area contributed by atoms with E-state index in [9.17, 15) is 4.79 Å². The van der Waals surface area contributed by atoms with E-state index in [1.54, 1.807) is 0 Å². The highest BCUT2D eigenvalue weighted by molar-refractivity contribution is 5.83. The first-order chi connectivity index (χ1) is 7.16. The predicted molar refractivity (Wildman–Crippen MR) is 59.4 cm³/mol. The minimum atomic E-state index is -0.350. The van der Waals surface area contributed by atoms with E-state index in [4.69, 9.17) is 5.73 Å². The fourth-order valence-corrected chi connectivity index (χ4v) is 1.69. The van der Waals surface area contributed by atoms with Crippen molar-refractivity contribution in [2.24, 2.45) is 5.73 Å². The Labute approximate surface area is 87.9 Å². The number of aromatic nitrogens is 1. The van der Waals surface area contributed by atoms with Gasteiger partial charge in [-0.1, -0.05) is 18.2 Å². The molecule has 0 radical (unpaired) electrons. The van der Waals surface area contributed by atoms with Crippen molar-refractivity contribution in [2.45, 2.75) is 13.3 Å². The molecule has 3 nitrogen and oxygen atoms in total. The van der Waals surface area contributed by atoms with E-state index >= 15 is 0 Å². The Morgan fingerprint density at radius 1 is 1.40 bits per heavy atom. The third kappa shape index (κ3) is 1.96. The molecule has 0 atom stereocenters. The van der Waals surface area contributed by atoms with Crippen LogP contribution in [0, 0.1) is 6.92 Å². The van der Waals surface area contributed by atoms with Crippen LogP contribution in [0.15, 0.2) is 30.3 Å². The number of carbonyl (C=O) groups excluding carboxylic acids is 1. The van der Waals surface area contributed by atoms with Crippen LogP contribution in [0.2, 0.25) is 0 Å². The van der Waals surface area contributed by atoms with Crippen molar-refractivity contribution in [3.63, 3.8) is 0 Å². The van der Waals surface area contributed by atoms with Crippen molar-refractivity contribution in [3.8, 4) is 0 Å². The Morgan fingerprint density at radius 3 is 2.87 bits per heavy atom. The summed E-state index contributed by atoms with van der Waals surface area (Å²) in [4.78, 5) is 15.2. The molecule has 2 aromatic rings. The average molecular weight is 200 g/mol. The maximum Gasteiger partial charge on any atom is 0.223 e. The second kappa shape index (κ2) is 3.69. The average Bonchev–Trinajstić information content (AvgIpc) is 2.16. The fourth-order valence-electron chi connectivity index (χ4n) is 1.69. The molecular weight excluding hydrogens is 188 g/mol. The molecule has 1 amide bonds. The summed E-state index contributed by atoms with van der Waals surface area (Å²) in [6.07, 6.45) is 0.200. The molecular formula is C12H12N2O. The van der Waals surface area contributed by atoms with Gasteiger partial charge in [0.2, 0.25) is 5.91 Å². The van der Waals surface area contributed by atoms with Gasteiger partial charge in [0.15, 0.2) is 0 Å². The van der Waals surface area contributed by atoms with Gasteiger partial charge >= 0.3 is 0 Å². The molecule has 3 heteroatoms. The Bertz CT molecular complexity index is 520. The Hall–Kier alpha value is -1.90. The minimum Gasteiger partial charge on any atom is -0.369 e. The van der Waals surface area contributed by atoms with Gasteiger partial charge in [-0.05, 0) is 24.6 Å². The number of fused-ring (bicyclic) bond motifs is 1. The van der Waals surface area contributed by atoms with Crippen molar-refractivity contribution in [2.75, 3.05) is 0 Å². The van der Waals surface area contributed by atoms with Crippen molar-refractivity contribution in [3.05, 3.63) is 41.6 Å². The number of aryl methyl sites for hydroxylation is 1. The summed E-state index contributed by atoms with van der Waals surface area (Å²) < 4.78 is 0. The third-order valence-corrected chi connectivity index (χ3v) is 2.33. The van der Waals surface area contributed by atoms with Crippen molar-refractivity contribution in [1.29, 1.82) is 0 Å². The highest BCUT2D eigenvalue weighted by atomic mass is 16.1. The van der Waals surface area contributed by atoms with Gasteiger partial charge < -0.3 is 5.73 Å². The highest BCUT2D eigenvalue weighted by Crippen LogP contribution is 2.17. The van der Waals surface area contributed by atoms with Crippen LogP contribution in [0.5, 0.6) is 0 Å². The molecule has 0 saturated heterocycles. The molecule has 0 aliphatic heterocycles. The molecule has 0 bridgehead atoms. The number of benzene rings is 1. The fraction of sp³-hybridized carbons (Fsp3) is 0.167. The van der Waals surface area contributed by atoms with Crippen LogP contribution in [-0.2, 0) is 11.2 Å². The number of hydrogen-bond acceptors (Lipinski definition) is 2. The molecule has 0 saturated carbocycles. The number of nitrogens with two attached hydrogens (primary N) is 1. The topological polar surface area (TPSA) is 56.0 Å². The van der Waals surface area contributed by atoms with E-state index in [2.05, 4.69) is 4.98 Å². The number of carbonyl (C=O) groups is 1. The normalized spacial score (nSPS) is 10.5. The molecule has 76 valence electrons. The Balaban J connectivity index is 2.57. The molecule has 0 aliphatic carbocycles.